The molecule has 78 valence electrons. The Labute approximate surface area is 96.2 Å². The summed E-state index contributed by atoms with van der Waals surface area (Å²) in [5, 5.41) is 7.98. The highest BCUT2D eigenvalue weighted by Crippen LogP contribution is 2.19. The first-order valence-electron chi connectivity index (χ1n) is 4.58. The standard InChI is InChI=1S/C10H11BrN4/c1-7-2-3-8(11)4-10(7)15-6-9(5-12)13-14-15/h2-4,6H,5,12H2,1H3. The van der Waals surface area contributed by atoms with Crippen LogP contribution in [0.3, 0.4) is 0 Å². The molecule has 0 unspecified atom stereocenters. The molecule has 0 aliphatic rings. The zero-order valence-electron chi connectivity index (χ0n) is 8.31. The van der Waals surface area contributed by atoms with Gasteiger partial charge in [-0.2, -0.15) is 0 Å². The van der Waals surface area contributed by atoms with Gasteiger partial charge in [-0.3, -0.25) is 0 Å². The smallest absolute Gasteiger partial charge is 0.0967 e. The quantitative estimate of drug-likeness (QED) is 0.902. The van der Waals surface area contributed by atoms with Crippen molar-refractivity contribution in [3.05, 3.63) is 40.1 Å². The fraction of sp³-hybridized carbons (Fsp3) is 0.200. The average molecular weight is 267 g/mol. The molecule has 0 spiro atoms. The van der Waals surface area contributed by atoms with Crippen LogP contribution in [0.2, 0.25) is 0 Å². The van der Waals surface area contributed by atoms with Crippen molar-refractivity contribution in [2.75, 3.05) is 0 Å². The van der Waals surface area contributed by atoms with E-state index in [9.17, 15) is 0 Å². The Kier molecular flexibility index (Phi) is 2.83. The van der Waals surface area contributed by atoms with Crippen LogP contribution in [0.15, 0.2) is 28.9 Å². The summed E-state index contributed by atoms with van der Waals surface area (Å²) in [5.41, 5.74) is 8.43. The molecule has 0 aliphatic carbocycles. The van der Waals surface area contributed by atoms with Crippen molar-refractivity contribution in [3.8, 4) is 5.69 Å². The van der Waals surface area contributed by atoms with Gasteiger partial charge in [0.2, 0.25) is 0 Å². The summed E-state index contributed by atoms with van der Waals surface area (Å²) in [6.07, 6.45) is 1.84. The number of nitrogens with zero attached hydrogens (tertiary/aromatic N) is 3. The highest BCUT2D eigenvalue weighted by atomic mass is 79.9. The normalized spacial score (nSPS) is 10.6. The zero-order chi connectivity index (χ0) is 10.8. The third kappa shape index (κ3) is 2.08. The number of rotatable bonds is 2. The predicted molar refractivity (Wildman–Crippen MR) is 61.7 cm³/mol. The molecule has 1 heterocycles. The Morgan fingerprint density at radius 3 is 2.93 bits per heavy atom. The number of hydrogen-bond donors (Lipinski definition) is 1. The molecule has 0 aliphatic heterocycles. The lowest BCUT2D eigenvalue weighted by atomic mass is 10.2. The molecule has 0 saturated heterocycles. The Hall–Kier alpha value is -1.20. The van der Waals surface area contributed by atoms with Crippen LogP contribution >= 0.6 is 15.9 Å². The summed E-state index contributed by atoms with van der Waals surface area (Å²) in [6, 6.07) is 6.03. The minimum atomic E-state index is 0.410. The Morgan fingerprint density at radius 1 is 1.47 bits per heavy atom. The van der Waals surface area contributed by atoms with Gasteiger partial charge >= 0.3 is 0 Å². The number of hydrogen-bond acceptors (Lipinski definition) is 3. The van der Waals surface area contributed by atoms with Crippen LogP contribution in [0.4, 0.5) is 0 Å². The van der Waals surface area contributed by atoms with E-state index in [1.807, 2.05) is 31.3 Å². The van der Waals surface area contributed by atoms with Crippen LogP contribution in [0, 0.1) is 6.92 Å². The third-order valence-electron chi connectivity index (χ3n) is 2.17. The Morgan fingerprint density at radius 2 is 2.27 bits per heavy atom. The van der Waals surface area contributed by atoms with E-state index >= 15 is 0 Å². The molecule has 1 aromatic carbocycles. The van der Waals surface area contributed by atoms with E-state index in [0.717, 1.165) is 21.4 Å². The maximum Gasteiger partial charge on any atom is 0.0967 e. The van der Waals surface area contributed by atoms with Gasteiger partial charge < -0.3 is 5.73 Å². The lowest BCUT2D eigenvalue weighted by molar-refractivity contribution is 0.792. The molecule has 0 bridgehead atoms. The molecule has 1 aromatic heterocycles. The van der Waals surface area contributed by atoms with Crippen LogP contribution in [0.5, 0.6) is 0 Å². The number of aryl methyl sites for hydroxylation is 1. The second kappa shape index (κ2) is 4.12. The summed E-state index contributed by atoms with van der Waals surface area (Å²) in [7, 11) is 0. The first-order chi connectivity index (χ1) is 7.20. The second-order valence-electron chi connectivity index (χ2n) is 3.29. The van der Waals surface area contributed by atoms with E-state index in [-0.39, 0.29) is 0 Å². The highest BCUT2D eigenvalue weighted by Gasteiger charge is 2.04. The first kappa shape index (κ1) is 10.3. The van der Waals surface area contributed by atoms with E-state index in [4.69, 9.17) is 5.73 Å². The number of nitrogens with two attached hydrogens (primary N) is 1. The van der Waals surface area contributed by atoms with Gasteiger partial charge in [0, 0.05) is 11.0 Å². The minimum Gasteiger partial charge on any atom is -0.325 e. The number of aromatic nitrogens is 3. The second-order valence-corrected chi connectivity index (χ2v) is 4.21. The van der Waals surface area contributed by atoms with E-state index in [2.05, 4.69) is 26.2 Å². The molecule has 5 heteroatoms. The molecule has 2 rings (SSSR count). The average Bonchev–Trinajstić information content (AvgIpc) is 2.70. The van der Waals surface area contributed by atoms with Crippen LogP contribution in [0.1, 0.15) is 11.3 Å². The van der Waals surface area contributed by atoms with Gasteiger partial charge in [-0.1, -0.05) is 27.2 Å². The van der Waals surface area contributed by atoms with Gasteiger partial charge in [0.25, 0.3) is 0 Å². The molecule has 2 N–H and O–H groups in total. The zero-order valence-corrected chi connectivity index (χ0v) is 9.90. The fourth-order valence-electron chi connectivity index (χ4n) is 1.34. The molecule has 0 atom stereocenters. The van der Waals surface area contributed by atoms with E-state index in [1.54, 1.807) is 4.68 Å². The molecule has 0 amide bonds. The number of benzene rings is 1. The van der Waals surface area contributed by atoms with Gasteiger partial charge in [0.05, 0.1) is 17.6 Å². The molecule has 15 heavy (non-hydrogen) atoms. The van der Waals surface area contributed by atoms with Gasteiger partial charge in [-0.25, -0.2) is 4.68 Å². The molecule has 0 saturated carbocycles. The maximum atomic E-state index is 5.48. The summed E-state index contributed by atoms with van der Waals surface area (Å²) in [6.45, 7) is 2.44. The van der Waals surface area contributed by atoms with Crippen molar-refractivity contribution in [1.29, 1.82) is 0 Å². The van der Waals surface area contributed by atoms with Crippen molar-refractivity contribution < 1.29 is 0 Å². The third-order valence-corrected chi connectivity index (χ3v) is 2.66. The summed E-state index contributed by atoms with van der Waals surface area (Å²) in [4.78, 5) is 0. The number of halogens is 1. The van der Waals surface area contributed by atoms with E-state index in [1.165, 1.54) is 0 Å². The van der Waals surface area contributed by atoms with Crippen LogP contribution in [0.25, 0.3) is 5.69 Å². The van der Waals surface area contributed by atoms with Crippen molar-refractivity contribution in [3.63, 3.8) is 0 Å². The lowest BCUT2D eigenvalue weighted by Crippen LogP contribution is -1.98. The maximum absolute atomic E-state index is 5.48. The Balaban J connectivity index is 2.48. The highest BCUT2D eigenvalue weighted by molar-refractivity contribution is 9.10. The van der Waals surface area contributed by atoms with Crippen molar-refractivity contribution in [2.24, 2.45) is 5.73 Å². The fourth-order valence-corrected chi connectivity index (χ4v) is 1.69. The topological polar surface area (TPSA) is 56.7 Å². The molecular weight excluding hydrogens is 256 g/mol. The molecule has 2 aromatic rings. The molecule has 0 radical (unpaired) electrons. The van der Waals surface area contributed by atoms with Gasteiger partial charge in [-0.15, -0.1) is 5.10 Å². The van der Waals surface area contributed by atoms with Crippen molar-refractivity contribution in [1.82, 2.24) is 15.0 Å². The predicted octanol–water partition coefficient (Wildman–Crippen LogP) is 1.80. The van der Waals surface area contributed by atoms with Crippen LogP contribution in [-0.4, -0.2) is 15.0 Å². The summed E-state index contributed by atoms with van der Waals surface area (Å²) >= 11 is 3.43. The van der Waals surface area contributed by atoms with Crippen LogP contribution < -0.4 is 5.73 Å². The Bertz CT molecular complexity index is 478. The van der Waals surface area contributed by atoms with Crippen LogP contribution in [-0.2, 0) is 6.54 Å². The largest absolute Gasteiger partial charge is 0.325 e. The summed E-state index contributed by atoms with van der Waals surface area (Å²) in [5.74, 6) is 0. The van der Waals surface area contributed by atoms with Crippen molar-refractivity contribution in [2.45, 2.75) is 13.5 Å². The molecule has 4 nitrogen and oxygen atoms in total. The lowest BCUT2D eigenvalue weighted by Gasteiger charge is -2.04. The molecular formula is C10H11BrN4. The van der Waals surface area contributed by atoms with E-state index < -0.39 is 0 Å². The minimum absolute atomic E-state index is 0.410. The van der Waals surface area contributed by atoms with Gasteiger partial charge in [0.15, 0.2) is 0 Å². The van der Waals surface area contributed by atoms with Gasteiger partial charge in [0.1, 0.15) is 0 Å². The SMILES string of the molecule is Cc1ccc(Br)cc1-n1cc(CN)nn1. The monoisotopic (exact) mass is 266 g/mol. The van der Waals surface area contributed by atoms with E-state index in [0.29, 0.717) is 6.54 Å². The van der Waals surface area contributed by atoms with Crippen molar-refractivity contribution >= 4 is 15.9 Å². The molecule has 0 fully saturated rings. The van der Waals surface area contributed by atoms with Gasteiger partial charge in [-0.05, 0) is 24.6 Å². The first-order valence-corrected chi connectivity index (χ1v) is 5.38. The summed E-state index contributed by atoms with van der Waals surface area (Å²) < 4.78 is 2.76.